The molecular weight excluding hydrogens is 442 g/mol. The maximum atomic E-state index is 12.6. The van der Waals surface area contributed by atoms with Gasteiger partial charge in [0.15, 0.2) is 0 Å². The van der Waals surface area contributed by atoms with Crippen molar-refractivity contribution in [1.29, 1.82) is 5.26 Å². The Morgan fingerprint density at radius 2 is 2.24 bits per heavy atom. The van der Waals surface area contributed by atoms with Crippen LogP contribution in [0.4, 0.5) is 9.80 Å². The Kier molecular flexibility index (Phi) is 6.90. The number of nitriles is 1. The van der Waals surface area contributed by atoms with Crippen molar-refractivity contribution in [3.05, 3.63) is 63.9 Å². The van der Waals surface area contributed by atoms with E-state index in [-0.39, 0.29) is 24.9 Å². The van der Waals surface area contributed by atoms with Crippen LogP contribution < -0.4 is 15.4 Å². The number of rotatable bonds is 7. The molecule has 0 radical (unpaired) electrons. The molecule has 33 heavy (non-hydrogen) atoms. The topological polar surface area (TPSA) is 120 Å². The molecular formula is C23H23N5O4S. The minimum Gasteiger partial charge on any atom is -0.497 e. The van der Waals surface area contributed by atoms with Gasteiger partial charge < -0.3 is 24.8 Å². The number of nitrogens with zero attached hydrogens (tertiary/aromatic N) is 3. The first-order valence-corrected chi connectivity index (χ1v) is 11.3. The fraction of sp³-hybridized carbons (Fsp3) is 0.304. The number of thiophene rings is 1. The number of nitrogens with one attached hydrogen (secondary N) is 2. The highest BCUT2D eigenvalue weighted by Crippen LogP contribution is 2.36. The molecule has 170 valence electrons. The zero-order chi connectivity index (χ0) is 23.2. The average Bonchev–Trinajstić information content (AvgIpc) is 3.48. The molecule has 2 N–H and O–H groups in total. The molecule has 4 rings (SSSR count). The van der Waals surface area contributed by atoms with Crippen molar-refractivity contribution in [2.24, 2.45) is 0 Å². The van der Waals surface area contributed by atoms with Gasteiger partial charge in [-0.3, -0.25) is 4.79 Å². The van der Waals surface area contributed by atoms with Crippen LogP contribution in [0, 0.1) is 11.3 Å². The number of carbonyl (C=O) groups excluding carboxylic acids is 2. The first kappa shape index (κ1) is 22.4. The Morgan fingerprint density at radius 1 is 1.36 bits per heavy atom. The number of anilines is 1. The second-order valence-electron chi connectivity index (χ2n) is 7.54. The summed E-state index contributed by atoms with van der Waals surface area (Å²) in [5.74, 6) is 0.593. The number of benzene rings is 1. The minimum atomic E-state index is -0.209. The van der Waals surface area contributed by atoms with Crippen molar-refractivity contribution in [2.45, 2.75) is 32.4 Å². The van der Waals surface area contributed by atoms with Gasteiger partial charge in [0.1, 0.15) is 28.8 Å². The summed E-state index contributed by atoms with van der Waals surface area (Å²) in [6.07, 6.45) is 2.87. The summed E-state index contributed by atoms with van der Waals surface area (Å²) >= 11 is 1.36. The third-order valence-electron chi connectivity index (χ3n) is 5.40. The van der Waals surface area contributed by atoms with Gasteiger partial charge in [-0.05, 0) is 36.1 Å². The smallest absolute Gasteiger partial charge is 0.318 e. The van der Waals surface area contributed by atoms with Crippen LogP contribution in [0.1, 0.15) is 33.7 Å². The van der Waals surface area contributed by atoms with E-state index in [4.69, 9.17) is 9.26 Å². The average molecular weight is 466 g/mol. The predicted octanol–water partition coefficient (Wildman–Crippen LogP) is 3.46. The van der Waals surface area contributed by atoms with Gasteiger partial charge in [-0.15, -0.1) is 11.3 Å². The Bertz CT molecular complexity index is 1180. The van der Waals surface area contributed by atoms with E-state index in [1.54, 1.807) is 18.1 Å². The van der Waals surface area contributed by atoms with Gasteiger partial charge in [-0.2, -0.15) is 5.26 Å². The van der Waals surface area contributed by atoms with Crippen LogP contribution in [0.25, 0.3) is 0 Å². The summed E-state index contributed by atoms with van der Waals surface area (Å²) in [6.45, 7) is 1.16. The SMILES string of the molecule is COc1cccc(CCC(=O)Nc2sc3c(c2C#N)CCN(C(=O)NCc2ccon2)C3)c1. The fourth-order valence-electron chi connectivity index (χ4n) is 3.66. The maximum Gasteiger partial charge on any atom is 0.318 e. The molecule has 9 nitrogen and oxygen atoms in total. The van der Waals surface area contributed by atoms with Crippen LogP contribution in [0.5, 0.6) is 5.75 Å². The predicted molar refractivity (Wildman–Crippen MR) is 122 cm³/mol. The van der Waals surface area contributed by atoms with Crippen LogP contribution in [-0.4, -0.2) is 35.6 Å². The van der Waals surface area contributed by atoms with Gasteiger partial charge in [0.2, 0.25) is 5.91 Å². The molecule has 1 aliphatic rings. The molecule has 0 bridgehead atoms. The summed E-state index contributed by atoms with van der Waals surface area (Å²) in [6, 6.07) is 11.3. The summed E-state index contributed by atoms with van der Waals surface area (Å²) in [4.78, 5) is 27.7. The number of methoxy groups -OCH3 is 1. The monoisotopic (exact) mass is 465 g/mol. The number of hydrogen-bond acceptors (Lipinski definition) is 7. The number of hydrogen-bond donors (Lipinski definition) is 2. The molecule has 0 saturated heterocycles. The van der Waals surface area contributed by atoms with Gasteiger partial charge in [0.05, 0.1) is 25.8 Å². The number of urea groups is 1. The van der Waals surface area contributed by atoms with Crippen molar-refractivity contribution in [2.75, 3.05) is 19.0 Å². The zero-order valence-electron chi connectivity index (χ0n) is 18.1. The first-order chi connectivity index (χ1) is 16.1. The van der Waals surface area contributed by atoms with Gasteiger partial charge in [-0.25, -0.2) is 4.79 Å². The molecule has 3 aromatic rings. The molecule has 10 heteroatoms. The molecule has 0 spiro atoms. The van der Waals surface area contributed by atoms with Crippen molar-refractivity contribution in [1.82, 2.24) is 15.4 Å². The van der Waals surface area contributed by atoms with E-state index in [0.717, 1.165) is 21.8 Å². The normalized spacial score (nSPS) is 12.5. The lowest BCUT2D eigenvalue weighted by Gasteiger charge is -2.27. The lowest BCUT2D eigenvalue weighted by atomic mass is 10.0. The molecule has 0 unspecified atom stereocenters. The molecule has 0 saturated carbocycles. The molecule has 0 atom stereocenters. The van der Waals surface area contributed by atoms with Crippen molar-refractivity contribution < 1.29 is 18.8 Å². The van der Waals surface area contributed by atoms with Crippen LogP contribution in [-0.2, 0) is 30.7 Å². The summed E-state index contributed by atoms with van der Waals surface area (Å²) in [7, 11) is 1.61. The van der Waals surface area contributed by atoms with Crippen molar-refractivity contribution >= 4 is 28.3 Å². The van der Waals surface area contributed by atoms with Gasteiger partial charge >= 0.3 is 6.03 Å². The largest absolute Gasteiger partial charge is 0.497 e. The van der Waals surface area contributed by atoms with E-state index in [0.29, 0.717) is 42.2 Å². The standard InChI is InChI=1S/C23H23N5O4S/c1-31-17-4-2-3-15(11-17)5-6-21(29)26-22-19(12-24)18-7-9-28(14-20(18)33-22)23(30)25-13-16-8-10-32-27-16/h2-4,8,10-11H,5-7,9,13-14H2,1H3,(H,25,30)(H,26,29). The molecule has 0 aliphatic carbocycles. The third-order valence-corrected chi connectivity index (χ3v) is 6.53. The van der Waals surface area contributed by atoms with Crippen LogP contribution in [0.3, 0.4) is 0 Å². The van der Waals surface area contributed by atoms with Gasteiger partial charge in [0.25, 0.3) is 0 Å². The summed E-state index contributed by atoms with van der Waals surface area (Å²) in [5, 5.41) is 19.7. The van der Waals surface area contributed by atoms with E-state index >= 15 is 0 Å². The molecule has 1 aromatic carbocycles. The third kappa shape index (κ3) is 5.32. The molecule has 1 aliphatic heterocycles. The first-order valence-electron chi connectivity index (χ1n) is 10.5. The lowest BCUT2D eigenvalue weighted by Crippen LogP contribution is -2.42. The quantitative estimate of drug-likeness (QED) is 0.551. The summed E-state index contributed by atoms with van der Waals surface area (Å²) in [5.41, 5.74) is 3.05. The van der Waals surface area contributed by atoms with E-state index in [1.165, 1.54) is 17.6 Å². The van der Waals surface area contributed by atoms with Crippen molar-refractivity contribution in [3.63, 3.8) is 0 Å². The highest BCUT2D eigenvalue weighted by atomic mass is 32.1. The van der Waals surface area contributed by atoms with Crippen molar-refractivity contribution in [3.8, 4) is 11.8 Å². The van der Waals surface area contributed by atoms with Gasteiger partial charge in [-0.1, -0.05) is 17.3 Å². The van der Waals surface area contributed by atoms with Crippen LogP contribution in [0.15, 0.2) is 41.1 Å². The van der Waals surface area contributed by atoms with E-state index in [9.17, 15) is 14.9 Å². The Labute approximate surface area is 194 Å². The number of carbonyl (C=O) groups is 2. The number of amides is 3. The van der Waals surface area contributed by atoms with E-state index in [2.05, 4.69) is 21.9 Å². The number of fused-ring (bicyclic) bond motifs is 1. The number of aromatic nitrogens is 1. The maximum absolute atomic E-state index is 12.6. The molecule has 2 aromatic heterocycles. The lowest BCUT2D eigenvalue weighted by molar-refractivity contribution is -0.116. The Hall–Kier alpha value is -3.84. The highest BCUT2D eigenvalue weighted by Gasteiger charge is 2.27. The van der Waals surface area contributed by atoms with E-state index in [1.807, 2.05) is 24.3 Å². The zero-order valence-corrected chi connectivity index (χ0v) is 18.9. The fourth-order valence-corrected chi connectivity index (χ4v) is 4.89. The molecule has 3 amide bonds. The highest BCUT2D eigenvalue weighted by molar-refractivity contribution is 7.16. The number of aryl methyl sites for hydroxylation is 1. The second kappa shape index (κ2) is 10.2. The van der Waals surface area contributed by atoms with Crippen LogP contribution >= 0.6 is 11.3 Å². The van der Waals surface area contributed by atoms with E-state index < -0.39 is 0 Å². The molecule has 3 heterocycles. The van der Waals surface area contributed by atoms with Crippen LogP contribution in [0.2, 0.25) is 0 Å². The Balaban J connectivity index is 1.37. The number of ether oxygens (including phenoxy) is 1. The molecule has 0 fully saturated rings. The minimum absolute atomic E-state index is 0.157. The summed E-state index contributed by atoms with van der Waals surface area (Å²) < 4.78 is 9.99. The second-order valence-corrected chi connectivity index (χ2v) is 8.65. The Morgan fingerprint density at radius 3 is 3.00 bits per heavy atom. The van der Waals surface area contributed by atoms with Gasteiger partial charge in [0, 0.05) is 23.9 Å².